The zero-order valence-electron chi connectivity index (χ0n) is 15.1. The van der Waals surface area contributed by atoms with Crippen LogP contribution < -0.4 is 0 Å². The highest BCUT2D eigenvalue weighted by Crippen LogP contribution is 2.39. The fraction of sp³-hybridized carbons (Fsp3) is 0.286. The number of rotatable bonds is 5. The summed E-state index contributed by atoms with van der Waals surface area (Å²) in [6, 6.07) is 10.8. The van der Waals surface area contributed by atoms with Crippen LogP contribution in [0.25, 0.3) is 11.6 Å². The number of hydrogen-bond acceptors (Lipinski definition) is 3. The van der Waals surface area contributed by atoms with Crippen molar-refractivity contribution < 1.29 is 9.90 Å². The summed E-state index contributed by atoms with van der Waals surface area (Å²) in [5.74, 6) is -0.907. The predicted octanol–water partition coefficient (Wildman–Crippen LogP) is 4.75. The van der Waals surface area contributed by atoms with Crippen molar-refractivity contribution in [1.82, 2.24) is 4.90 Å². The molecule has 0 unspecified atom stereocenters. The summed E-state index contributed by atoms with van der Waals surface area (Å²) in [5.41, 5.74) is 5.33. The molecular formula is C21H24ClNO2S. The maximum absolute atomic E-state index is 10.8. The Morgan fingerprint density at radius 1 is 1.23 bits per heavy atom. The standard InChI is InChI=1S/C21H23NO2S.ClH/c1-22(2)13-5-8-19-18-7-4-3-6-15(18)9-10-16-14-17(25-21(16)19)11-12-20(23)24;/h3-4,6-8,11-12,14H,5,9-10,13H2,1-2H3,(H,23,24);1H/b12-11+,19-8+;. The van der Waals surface area contributed by atoms with Crippen molar-refractivity contribution in [1.29, 1.82) is 0 Å². The van der Waals surface area contributed by atoms with Crippen LogP contribution in [0.1, 0.15) is 32.9 Å². The summed E-state index contributed by atoms with van der Waals surface area (Å²) in [7, 11) is 4.18. The van der Waals surface area contributed by atoms with Crippen LogP contribution in [-0.2, 0) is 17.6 Å². The van der Waals surface area contributed by atoms with E-state index < -0.39 is 5.97 Å². The van der Waals surface area contributed by atoms with Crippen LogP contribution in [0.4, 0.5) is 0 Å². The number of aryl methyl sites for hydroxylation is 2. The summed E-state index contributed by atoms with van der Waals surface area (Å²) in [6.45, 7) is 1.01. The van der Waals surface area contributed by atoms with E-state index in [0.717, 1.165) is 30.7 Å². The van der Waals surface area contributed by atoms with Gasteiger partial charge in [-0.3, -0.25) is 0 Å². The number of fused-ring (bicyclic) bond motifs is 2. The number of halogens is 1. The van der Waals surface area contributed by atoms with Crippen LogP contribution in [0, 0.1) is 0 Å². The number of hydrogen-bond donors (Lipinski definition) is 1. The average Bonchev–Trinajstić information content (AvgIpc) is 2.92. The summed E-state index contributed by atoms with van der Waals surface area (Å²) in [6.07, 6.45) is 8.26. The number of thiophene rings is 1. The number of carbonyl (C=O) groups is 1. The minimum atomic E-state index is -0.907. The number of carboxylic acid groups (broad SMARTS) is 1. The molecule has 0 amide bonds. The fourth-order valence-electron chi connectivity index (χ4n) is 3.16. The molecule has 1 heterocycles. The first kappa shape index (κ1) is 20.4. The van der Waals surface area contributed by atoms with Gasteiger partial charge in [-0.2, -0.15) is 0 Å². The van der Waals surface area contributed by atoms with Crippen LogP contribution in [0.5, 0.6) is 0 Å². The summed E-state index contributed by atoms with van der Waals surface area (Å²) < 4.78 is 0. The van der Waals surface area contributed by atoms with Crippen molar-refractivity contribution in [2.24, 2.45) is 0 Å². The van der Waals surface area contributed by atoms with E-state index in [4.69, 9.17) is 5.11 Å². The van der Waals surface area contributed by atoms with Gasteiger partial charge < -0.3 is 10.0 Å². The van der Waals surface area contributed by atoms with Crippen molar-refractivity contribution in [3.05, 3.63) is 68.9 Å². The van der Waals surface area contributed by atoms with E-state index in [0.29, 0.717) is 0 Å². The lowest BCUT2D eigenvalue weighted by atomic mass is 9.98. The molecule has 0 bridgehead atoms. The Kier molecular flexibility index (Phi) is 7.21. The average molecular weight is 390 g/mol. The Hall–Kier alpha value is -1.88. The van der Waals surface area contributed by atoms with E-state index >= 15 is 0 Å². The maximum Gasteiger partial charge on any atom is 0.328 e. The minimum Gasteiger partial charge on any atom is -0.478 e. The molecular weight excluding hydrogens is 366 g/mol. The molecule has 1 aromatic heterocycles. The van der Waals surface area contributed by atoms with Gasteiger partial charge in [0.05, 0.1) is 0 Å². The molecule has 0 radical (unpaired) electrons. The lowest BCUT2D eigenvalue weighted by molar-refractivity contribution is -0.131. The molecule has 138 valence electrons. The quantitative estimate of drug-likeness (QED) is 0.750. The monoisotopic (exact) mass is 389 g/mol. The third-order valence-electron chi connectivity index (χ3n) is 4.36. The molecule has 1 N–H and O–H groups in total. The highest BCUT2D eigenvalue weighted by molar-refractivity contribution is 7.14. The second-order valence-corrected chi connectivity index (χ2v) is 7.63. The molecule has 0 saturated carbocycles. The third-order valence-corrected chi connectivity index (χ3v) is 5.53. The minimum absolute atomic E-state index is 0. The van der Waals surface area contributed by atoms with Crippen molar-refractivity contribution in [3.8, 4) is 0 Å². The Balaban J connectivity index is 0.00000243. The van der Waals surface area contributed by atoms with Crippen molar-refractivity contribution in [2.45, 2.75) is 19.3 Å². The number of carboxylic acids is 1. The van der Waals surface area contributed by atoms with Crippen molar-refractivity contribution in [3.63, 3.8) is 0 Å². The second-order valence-electron chi connectivity index (χ2n) is 6.54. The lowest BCUT2D eigenvalue weighted by Crippen LogP contribution is -2.12. The molecule has 0 saturated heterocycles. The number of benzene rings is 1. The zero-order chi connectivity index (χ0) is 17.8. The van der Waals surface area contributed by atoms with Crippen LogP contribution in [0.3, 0.4) is 0 Å². The molecule has 26 heavy (non-hydrogen) atoms. The highest BCUT2D eigenvalue weighted by Gasteiger charge is 2.20. The van der Waals surface area contributed by atoms with E-state index in [1.165, 1.54) is 33.2 Å². The summed E-state index contributed by atoms with van der Waals surface area (Å²) in [4.78, 5) is 15.3. The van der Waals surface area contributed by atoms with E-state index in [1.54, 1.807) is 17.4 Å². The van der Waals surface area contributed by atoms with Gasteiger partial charge in [0.15, 0.2) is 0 Å². The molecule has 0 fully saturated rings. The normalized spacial score (nSPS) is 14.8. The van der Waals surface area contributed by atoms with E-state index in [9.17, 15) is 4.79 Å². The Labute approximate surface area is 165 Å². The molecule has 1 aliphatic rings. The largest absolute Gasteiger partial charge is 0.478 e. The Morgan fingerprint density at radius 3 is 2.69 bits per heavy atom. The van der Waals surface area contributed by atoms with Gasteiger partial charge in [-0.25, -0.2) is 4.79 Å². The molecule has 0 aliphatic heterocycles. The van der Waals surface area contributed by atoms with Gasteiger partial charge in [-0.15, -0.1) is 23.7 Å². The van der Waals surface area contributed by atoms with Gasteiger partial charge in [0.2, 0.25) is 0 Å². The number of aliphatic carboxylic acids is 1. The third kappa shape index (κ3) is 4.85. The molecule has 1 aliphatic carbocycles. The fourth-order valence-corrected chi connectivity index (χ4v) is 4.33. The summed E-state index contributed by atoms with van der Waals surface area (Å²) >= 11 is 1.69. The van der Waals surface area contributed by atoms with E-state index in [2.05, 4.69) is 55.4 Å². The van der Waals surface area contributed by atoms with Crippen LogP contribution in [0.15, 0.2) is 42.5 Å². The van der Waals surface area contributed by atoms with Crippen molar-refractivity contribution >= 4 is 41.4 Å². The SMILES string of the molecule is CN(C)CC/C=C1\c2ccccc2CCc2cc(/C=C/C(=O)O)sc21.Cl. The molecule has 0 spiro atoms. The van der Waals surface area contributed by atoms with Gasteiger partial charge in [-0.05, 0) is 67.8 Å². The Bertz CT molecular complexity index is 836. The van der Waals surface area contributed by atoms with Crippen LogP contribution in [0.2, 0.25) is 0 Å². The molecule has 5 heteroatoms. The molecule has 2 aromatic rings. The van der Waals surface area contributed by atoms with Gasteiger partial charge in [0, 0.05) is 22.4 Å². The van der Waals surface area contributed by atoms with E-state index in [1.807, 2.05) is 0 Å². The number of nitrogens with zero attached hydrogens (tertiary/aromatic N) is 1. The van der Waals surface area contributed by atoms with Gasteiger partial charge >= 0.3 is 5.97 Å². The topological polar surface area (TPSA) is 40.5 Å². The van der Waals surface area contributed by atoms with Gasteiger partial charge in [0.25, 0.3) is 0 Å². The zero-order valence-corrected chi connectivity index (χ0v) is 16.7. The van der Waals surface area contributed by atoms with Crippen LogP contribution >= 0.6 is 23.7 Å². The molecule has 0 atom stereocenters. The van der Waals surface area contributed by atoms with Gasteiger partial charge in [0.1, 0.15) is 0 Å². The molecule has 3 rings (SSSR count). The van der Waals surface area contributed by atoms with Crippen molar-refractivity contribution in [2.75, 3.05) is 20.6 Å². The predicted molar refractivity (Wildman–Crippen MR) is 112 cm³/mol. The molecule has 1 aromatic carbocycles. The highest BCUT2D eigenvalue weighted by atomic mass is 35.5. The van der Waals surface area contributed by atoms with Gasteiger partial charge in [-0.1, -0.05) is 30.3 Å². The first-order valence-corrected chi connectivity index (χ1v) is 9.33. The molecule has 3 nitrogen and oxygen atoms in total. The summed E-state index contributed by atoms with van der Waals surface area (Å²) in [5, 5.41) is 8.87. The van der Waals surface area contributed by atoms with E-state index in [-0.39, 0.29) is 12.4 Å². The second kappa shape index (κ2) is 9.17. The smallest absolute Gasteiger partial charge is 0.328 e. The first-order chi connectivity index (χ1) is 12.0. The van der Waals surface area contributed by atoms with Crippen LogP contribution in [-0.4, -0.2) is 36.6 Å². The maximum atomic E-state index is 10.8. The first-order valence-electron chi connectivity index (χ1n) is 8.52. The lowest BCUT2D eigenvalue weighted by Gasteiger charge is -2.11. The Morgan fingerprint density at radius 2 is 1.96 bits per heavy atom.